The Balaban J connectivity index is 3.59. The monoisotopic (exact) mass is 187 g/mol. The Hall–Kier alpha value is -0.0800. The molecule has 0 heterocycles. The lowest BCUT2D eigenvalue weighted by molar-refractivity contribution is 0.105. The van der Waals surface area contributed by atoms with Crippen molar-refractivity contribution in [1.82, 2.24) is 5.32 Å². The van der Waals surface area contributed by atoms with E-state index in [1.54, 1.807) is 0 Å². The highest BCUT2D eigenvalue weighted by molar-refractivity contribution is 4.72. The average molecular weight is 187 g/mol. The van der Waals surface area contributed by atoms with Gasteiger partial charge in [0.15, 0.2) is 0 Å². The third-order valence-electron chi connectivity index (χ3n) is 2.06. The molecule has 2 heteroatoms. The van der Waals surface area contributed by atoms with E-state index < -0.39 is 0 Å². The highest BCUT2D eigenvalue weighted by atomic mass is 16.5. The fourth-order valence-corrected chi connectivity index (χ4v) is 1.06. The van der Waals surface area contributed by atoms with Gasteiger partial charge in [0.05, 0.1) is 6.61 Å². The maximum absolute atomic E-state index is 5.41. The summed E-state index contributed by atoms with van der Waals surface area (Å²) >= 11 is 0. The molecule has 1 atom stereocenters. The standard InChI is InChI=1S/C11H25NO/c1-6-10(9-13-7-2)8-12-11(3,4)5/h10,12H,6-9H2,1-5H3. The maximum atomic E-state index is 5.41. The summed E-state index contributed by atoms with van der Waals surface area (Å²) in [6.07, 6.45) is 1.18. The minimum Gasteiger partial charge on any atom is -0.381 e. The molecule has 0 spiro atoms. The van der Waals surface area contributed by atoms with Gasteiger partial charge in [-0.2, -0.15) is 0 Å². The molecule has 0 saturated heterocycles. The first-order valence-electron chi connectivity index (χ1n) is 5.32. The summed E-state index contributed by atoms with van der Waals surface area (Å²) in [5, 5.41) is 3.50. The molecular weight excluding hydrogens is 162 g/mol. The van der Waals surface area contributed by atoms with Crippen molar-refractivity contribution in [2.45, 2.75) is 46.6 Å². The van der Waals surface area contributed by atoms with Crippen LogP contribution in [0.1, 0.15) is 41.0 Å². The van der Waals surface area contributed by atoms with Gasteiger partial charge in [0.2, 0.25) is 0 Å². The molecular formula is C11H25NO. The smallest absolute Gasteiger partial charge is 0.0506 e. The molecule has 1 unspecified atom stereocenters. The van der Waals surface area contributed by atoms with E-state index in [1.165, 1.54) is 6.42 Å². The summed E-state index contributed by atoms with van der Waals surface area (Å²) in [4.78, 5) is 0. The molecule has 0 aliphatic rings. The van der Waals surface area contributed by atoms with Crippen molar-refractivity contribution < 1.29 is 4.74 Å². The lowest BCUT2D eigenvalue weighted by Crippen LogP contribution is -2.40. The second-order valence-electron chi connectivity index (χ2n) is 4.56. The molecule has 0 saturated carbocycles. The van der Waals surface area contributed by atoms with Crippen LogP contribution < -0.4 is 5.32 Å². The molecule has 0 fully saturated rings. The van der Waals surface area contributed by atoms with Crippen LogP contribution in [0.3, 0.4) is 0 Å². The van der Waals surface area contributed by atoms with Crippen LogP contribution in [0.2, 0.25) is 0 Å². The van der Waals surface area contributed by atoms with Crippen LogP contribution in [-0.4, -0.2) is 25.3 Å². The number of hydrogen-bond donors (Lipinski definition) is 1. The lowest BCUT2D eigenvalue weighted by atomic mass is 10.0. The summed E-state index contributed by atoms with van der Waals surface area (Å²) in [6, 6.07) is 0. The molecule has 0 aromatic rings. The van der Waals surface area contributed by atoms with Crippen molar-refractivity contribution in [3.63, 3.8) is 0 Å². The second-order valence-corrected chi connectivity index (χ2v) is 4.56. The van der Waals surface area contributed by atoms with Crippen molar-refractivity contribution in [2.75, 3.05) is 19.8 Å². The predicted molar refractivity (Wildman–Crippen MR) is 58.0 cm³/mol. The van der Waals surface area contributed by atoms with E-state index in [4.69, 9.17) is 4.74 Å². The molecule has 0 amide bonds. The lowest BCUT2D eigenvalue weighted by Gasteiger charge is -2.24. The van der Waals surface area contributed by atoms with Crippen molar-refractivity contribution in [2.24, 2.45) is 5.92 Å². The zero-order chi connectivity index (χ0) is 10.3. The Kier molecular flexibility index (Phi) is 6.35. The van der Waals surface area contributed by atoms with E-state index in [1.807, 2.05) is 6.92 Å². The van der Waals surface area contributed by atoms with Gasteiger partial charge in [0.1, 0.15) is 0 Å². The minimum absolute atomic E-state index is 0.222. The molecule has 1 N–H and O–H groups in total. The largest absolute Gasteiger partial charge is 0.381 e. The average Bonchev–Trinajstić information content (AvgIpc) is 2.03. The molecule has 0 bridgehead atoms. The van der Waals surface area contributed by atoms with Gasteiger partial charge in [0, 0.05) is 18.7 Å². The van der Waals surface area contributed by atoms with Crippen LogP contribution in [0, 0.1) is 5.92 Å². The van der Waals surface area contributed by atoms with Gasteiger partial charge in [-0.3, -0.25) is 0 Å². The summed E-state index contributed by atoms with van der Waals surface area (Å²) in [7, 11) is 0. The van der Waals surface area contributed by atoms with E-state index >= 15 is 0 Å². The van der Waals surface area contributed by atoms with Gasteiger partial charge in [-0.25, -0.2) is 0 Å². The summed E-state index contributed by atoms with van der Waals surface area (Å²) in [5.41, 5.74) is 0.222. The Morgan fingerprint density at radius 2 is 1.85 bits per heavy atom. The van der Waals surface area contributed by atoms with Gasteiger partial charge < -0.3 is 10.1 Å². The molecule has 0 aromatic heterocycles. The van der Waals surface area contributed by atoms with Crippen LogP contribution in [0.4, 0.5) is 0 Å². The molecule has 0 aromatic carbocycles. The first-order chi connectivity index (χ1) is 5.99. The predicted octanol–water partition coefficient (Wildman–Crippen LogP) is 2.44. The van der Waals surface area contributed by atoms with Crippen molar-refractivity contribution in [3.8, 4) is 0 Å². The topological polar surface area (TPSA) is 21.3 Å². The SMILES string of the molecule is CCOCC(CC)CNC(C)(C)C. The first-order valence-corrected chi connectivity index (χ1v) is 5.32. The first kappa shape index (κ1) is 12.9. The number of rotatable bonds is 6. The third-order valence-corrected chi connectivity index (χ3v) is 2.06. The molecule has 13 heavy (non-hydrogen) atoms. The Labute approximate surface area is 83.1 Å². The van der Waals surface area contributed by atoms with Crippen LogP contribution in [0.5, 0.6) is 0 Å². The highest BCUT2D eigenvalue weighted by Crippen LogP contribution is 2.05. The number of hydrogen-bond acceptors (Lipinski definition) is 2. The molecule has 2 nitrogen and oxygen atoms in total. The molecule has 0 aliphatic heterocycles. The van der Waals surface area contributed by atoms with Gasteiger partial charge in [-0.05, 0) is 40.0 Å². The molecule has 80 valence electrons. The Morgan fingerprint density at radius 3 is 2.23 bits per heavy atom. The maximum Gasteiger partial charge on any atom is 0.0506 e. The van der Waals surface area contributed by atoms with E-state index in [0.717, 1.165) is 19.8 Å². The van der Waals surface area contributed by atoms with Crippen LogP contribution in [-0.2, 0) is 4.74 Å². The molecule has 0 radical (unpaired) electrons. The molecule has 0 aliphatic carbocycles. The van der Waals surface area contributed by atoms with E-state index in [2.05, 4.69) is 33.0 Å². The van der Waals surface area contributed by atoms with Gasteiger partial charge in [-0.1, -0.05) is 6.92 Å². The third kappa shape index (κ3) is 8.26. The highest BCUT2D eigenvalue weighted by Gasteiger charge is 2.12. The summed E-state index contributed by atoms with van der Waals surface area (Å²) in [6.45, 7) is 13.6. The van der Waals surface area contributed by atoms with Crippen LogP contribution in [0.15, 0.2) is 0 Å². The van der Waals surface area contributed by atoms with Gasteiger partial charge >= 0.3 is 0 Å². The Bertz CT molecular complexity index is 118. The van der Waals surface area contributed by atoms with Crippen molar-refractivity contribution in [1.29, 1.82) is 0 Å². The minimum atomic E-state index is 0.222. The fraction of sp³-hybridized carbons (Fsp3) is 1.00. The van der Waals surface area contributed by atoms with Crippen molar-refractivity contribution >= 4 is 0 Å². The van der Waals surface area contributed by atoms with E-state index in [9.17, 15) is 0 Å². The van der Waals surface area contributed by atoms with Crippen LogP contribution in [0.25, 0.3) is 0 Å². The Morgan fingerprint density at radius 1 is 1.23 bits per heavy atom. The van der Waals surface area contributed by atoms with Gasteiger partial charge in [-0.15, -0.1) is 0 Å². The second kappa shape index (κ2) is 6.39. The zero-order valence-electron chi connectivity index (χ0n) is 9.81. The zero-order valence-corrected chi connectivity index (χ0v) is 9.81. The number of nitrogens with one attached hydrogen (secondary N) is 1. The van der Waals surface area contributed by atoms with E-state index in [0.29, 0.717) is 5.92 Å². The van der Waals surface area contributed by atoms with Crippen molar-refractivity contribution in [3.05, 3.63) is 0 Å². The van der Waals surface area contributed by atoms with Crippen LogP contribution >= 0.6 is 0 Å². The fourth-order valence-electron chi connectivity index (χ4n) is 1.06. The number of ether oxygens (including phenoxy) is 1. The molecule has 0 rings (SSSR count). The normalized spacial score (nSPS) is 14.5. The quantitative estimate of drug-likeness (QED) is 0.689. The van der Waals surface area contributed by atoms with E-state index in [-0.39, 0.29) is 5.54 Å². The van der Waals surface area contributed by atoms with Gasteiger partial charge in [0.25, 0.3) is 0 Å². The summed E-state index contributed by atoms with van der Waals surface area (Å²) in [5.74, 6) is 0.652. The summed E-state index contributed by atoms with van der Waals surface area (Å²) < 4.78 is 5.41.